The molecule has 0 amide bonds. The van der Waals surface area contributed by atoms with Crippen LogP contribution >= 0.6 is 22.6 Å². The Morgan fingerprint density at radius 3 is 2.50 bits per heavy atom. The topological polar surface area (TPSA) is 38.0 Å². The molecule has 0 aliphatic heterocycles. The molecular formula is C9H21IN2. The molecule has 0 aromatic carbocycles. The molecule has 0 saturated carbocycles. The molecule has 0 bridgehead atoms. The van der Waals surface area contributed by atoms with Crippen LogP contribution in [0.1, 0.15) is 39.0 Å². The zero-order valence-electron chi connectivity index (χ0n) is 8.15. The predicted octanol–water partition coefficient (Wildman–Crippen LogP) is 2.26. The third kappa shape index (κ3) is 6.20. The van der Waals surface area contributed by atoms with Crippen molar-refractivity contribution < 1.29 is 0 Å². The van der Waals surface area contributed by atoms with Crippen LogP contribution in [0, 0.1) is 0 Å². The van der Waals surface area contributed by atoms with Gasteiger partial charge in [0.25, 0.3) is 0 Å². The van der Waals surface area contributed by atoms with Crippen molar-refractivity contribution in [2.24, 2.45) is 5.73 Å². The Morgan fingerprint density at radius 2 is 2.00 bits per heavy atom. The molecule has 74 valence electrons. The number of alkyl halides is 1. The van der Waals surface area contributed by atoms with E-state index < -0.39 is 0 Å². The fourth-order valence-electron chi connectivity index (χ4n) is 1.13. The van der Waals surface area contributed by atoms with Crippen LogP contribution < -0.4 is 11.1 Å². The van der Waals surface area contributed by atoms with Crippen LogP contribution in [0.5, 0.6) is 0 Å². The summed E-state index contributed by atoms with van der Waals surface area (Å²) in [7, 11) is 1.92. The van der Waals surface area contributed by atoms with E-state index in [-0.39, 0.29) is 6.17 Å². The molecular weight excluding hydrogens is 263 g/mol. The maximum absolute atomic E-state index is 5.81. The number of nitrogens with two attached hydrogens (primary N) is 1. The van der Waals surface area contributed by atoms with Gasteiger partial charge in [-0.1, -0.05) is 55.2 Å². The molecule has 0 aliphatic carbocycles. The van der Waals surface area contributed by atoms with Gasteiger partial charge in [-0.25, -0.2) is 0 Å². The molecule has 3 N–H and O–H groups in total. The van der Waals surface area contributed by atoms with Gasteiger partial charge in [-0.05, 0) is 13.5 Å². The van der Waals surface area contributed by atoms with Gasteiger partial charge in [0.15, 0.2) is 0 Å². The van der Waals surface area contributed by atoms with Gasteiger partial charge < -0.3 is 11.1 Å². The third-order valence-corrected chi connectivity index (χ3v) is 3.45. The zero-order chi connectivity index (χ0) is 9.40. The van der Waals surface area contributed by atoms with Gasteiger partial charge in [-0.2, -0.15) is 0 Å². The Labute approximate surface area is 89.8 Å². The lowest BCUT2D eigenvalue weighted by Gasteiger charge is -2.16. The number of hydrogen-bond donors (Lipinski definition) is 2. The molecule has 0 radical (unpaired) electrons. The number of hydrogen-bond acceptors (Lipinski definition) is 2. The van der Waals surface area contributed by atoms with Gasteiger partial charge in [-0.3, -0.25) is 0 Å². The Bertz CT molecular complexity index is 98.5. The van der Waals surface area contributed by atoms with Crippen LogP contribution in [-0.2, 0) is 0 Å². The Balaban J connectivity index is 3.24. The second-order valence-electron chi connectivity index (χ2n) is 3.18. The highest BCUT2D eigenvalue weighted by atomic mass is 127. The number of halogens is 1. The summed E-state index contributed by atoms with van der Waals surface area (Å²) in [5, 5.41) is 3.08. The lowest BCUT2D eigenvalue weighted by Crippen LogP contribution is -2.42. The van der Waals surface area contributed by atoms with Gasteiger partial charge in [0.05, 0.1) is 6.17 Å². The van der Waals surface area contributed by atoms with E-state index >= 15 is 0 Å². The second-order valence-corrected chi connectivity index (χ2v) is 4.78. The Morgan fingerprint density at radius 1 is 1.33 bits per heavy atom. The van der Waals surface area contributed by atoms with Crippen molar-refractivity contribution in [3.8, 4) is 0 Å². The van der Waals surface area contributed by atoms with Crippen LogP contribution in [0.3, 0.4) is 0 Å². The normalized spacial score (nSPS) is 16.0. The summed E-state index contributed by atoms with van der Waals surface area (Å²) in [5.41, 5.74) is 5.81. The van der Waals surface area contributed by atoms with Crippen LogP contribution in [0.2, 0.25) is 0 Å². The molecule has 0 aromatic heterocycles. The van der Waals surface area contributed by atoms with E-state index in [0.29, 0.717) is 3.92 Å². The minimum Gasteiger partial charge on any atom is -0.315 e. The molecule has 0 aliphatic rings. The summed E-state index contributed by atoms with van der Waals surface area (Å²) in [6.45, 7) is 2.24. The van der Waals surface area contributed by atoms with Gasteiger partial charge >= 0.3 is 0 Å². The predicted molar refractivity (Wildman–Crippen MR) is 63.6 cm³/mol. The molecule has 0 rings (SSSR count). The summed E-state index contributed by atoms with van der Waals surface area (Å²) in [6, 6.07) is 0. The average Bonchev–Trinajstić information content (AvgIpc) is 2.10. The van der Waals surface area contributed by atoms with Crippen LogP contribution in [0.15, 0.2) is 0 Å². The van der Waals surface area contributed by atoms with E-state index in [1.165, 1.54) is 32.1 Å². The standard InChI is InChI=1S/C9H21IN2/c1-3-4-5-6-7-8(10)9(11)12-2/h8-9,12H,3-7,11H2,1-2H3. The Kier molecular flexibility index (Phi) is 8.70. The van der Waals surface area contributed by atoms with Crippen molar-refractivity contribution in [2.75, 3.05) is 7.05 Å². The largest absolute Gasteiger partial charge is 0.315 e. The molecule has 2 atom stereocenters. The highest BCUT2D eigenvalue weighted by molar-refractivity contribution is 14.1. The number of nitrogens with one attached hydrogen (secondary N) is 1. The van der Waals surface area contributed by atoms with Crippen LogP contribution in [-0.4, -0.2) is 17.1 Å². The molecule has 0 aromatic rings. The molecule has 0 saturated heterocycles. The van der Waals surface area contributed by atoms with Crippen molar-refractivity contribution in [3.63, 3.8) is 0 Å². The fraction of sp³-hybridized carbons (Fsp3) is 1.00. The lowest BCUT2D eigenvalue weighted by molar-refractivity contribution is 0.522. The SMILES string of the molecule is CCCCCCC(I)C(N)NC. The van der Waals surface area contributed by atoms with Crippen molar-refractivity contribution in [2.45, 2.75) is 49.1 Å². The van der Waals surface area contributed by atoms with Crippen molar-refractivity contribution in [1.29, 1.82) is 0 Å². The van der Waals surface area contributed by atoms with E-state index in [9.17, 15) is 0 Å². The molecule has 3 heteroatoms. The van der Waals surface area contributed by atoms with Crippen molar-refractivity contribution in [1.82, 2.24) is 5.32 Å². The first kappa shape index (κ1) is 12.7. The monoisotopic (exact) mass is 284 g/mol. The quantitative estimate of drug-likeness (QED) is 0.326. The maximum atomic E-state index is 5.81. The van der Waals surface area contributed by atoms with E-state index in [4.69, 9.17) is 5.73 Å². The first-order chi connectivity index (χ1) is 5.72. The highest BCUT2D eigenvalue weighted by Gasteiger charge is 2.10. The zero-order valence-corrected chi connectivity index (χ0v) is 10.3. The first-order valence-electron chi connectivity index (χ1n) is 4.79. The average molecular weight is 284 g/mol. The lowest BCUT2D eigenvalue weighted by atomic mass is 10.1. The summed E-state index contributed by atoms with van der Waals surface area (Å²) in [4.78, 5) is 0. The highest BCUT2D eigenvalue weighted by Crippen LogP contribution is 2.13. The second kappa shape index (κ2) is 8.26. The van der Waals surface area contributed by atoms with Crippen LogP contribution in [0.4, 0.5) is 0 Å². The molecule has 0 fully saturated rings. The molecule has 2 nitrogen and oxygen atoms in total. The van der Waals surface area contributed by atoms with E-state index in [2.05, 4.69) is 34.8 Å². The van der Waals surface area contributed by atoms with Crippen LogP contribution in [0.25, 0.3) is 0 Å². The number of rotatable bonds is 7. The third-order valence-electron chi connectivity index (χ3n) is 2.06. The first-order valence-corrected chi connectivity index (χ1v) is 6.03. The minimum absolute atomic E-state index is 0.159. The van der Waals surface area contributed by atoms with E-state index in [0.717, 1.165) is 0 Å². The van der Waals surface area contributed by atoms with Crippen molar-refractivity contribution in [3.05, 3.63) is 0 Å². The van der Waals surface area contributed by atoms with E-state index in [1.807, 2.05) is 7.05 Å². The van der Waals surface area contributed by atoms with Gasteiger partial charge in [0, 0.05) is 3.92 Å². The minimum atomic E-state index is 0.159. The molecule has 0 spiro atoms. The molecule has 2 unspecified atom stereocenters. The van der Waals surface area contributed by atoms with Crippen molar-refractivity contribution >= 4 is 22.6 Å². The summed E-state index contributed by atoms with van der Waals surface area (Å²) in [5.74, 6) is 0. The summed E-state index contributed by atoms with van der Waals surface area (Å²) in [6.07, 6.45) is 6.74. The summed E-state index contributed by atoms with van der Waals surface area (Å²) >= 11 is 2.43. The van der Waals surface area contributed by atoms with Gasteiger partial charge in [0.1, 0.15) is 0 Å². The van der Waals surface area contributed by atoms with E-state index in [1.54, 1.807) is 0 Å². The summed E-state index contributed by atoms with van der Waals surface area (Å²) < 4.78 is 0.574. The van der Waals surface area contributed by atoms with Gasteiger partial charge in [0.2, 0.25) is 0 Å². The molecule has 12 heavy (non-hydrogen) atoms. The number of unbranched alkanes of at least 4 members (excludes halogenated alkanes) is 3. The van der Waals surface area contributed by atoms with Gasteiger partial charge in [-0.15, -0.1) is 0 Å². The maximum Gasteiger partial charge on any atom is 0.0665 e. The fourth-order valence-corrected chi connectivity index (χ4v) is 1.93. The smallest absolute Gasteiger partial charge is 0.0665 e. The molecule has 0 heterocycles. The Hall–Kier alpha value is 0.650.